The Morgan fingerprint density at radius 2 is 2.27 bits per heavy atom. The first kappa shape index (κ1) is 8.67. The molecule has 15 heavy (non-hydrogen) atoms. The first-order valence-electron chi connectivity index (χ1n) is 4.30. The van der Waals surface area contributed by atoms with Crippen molar-refractivity contribution in [3.05, 3.63) is 33.0 Å². The van der Waals surface area contributed by atoms with Crippen molar-refractivity contribution >= 4 is 37.7 Å². The van der Waals surface area contributed by atoms with Crippen LogP contribution in [0.2, 0.25) is 0 Å². The molecule has 0 bridgehead atoms. The molecule has 2 aromatic heterocycles. The van der Waals surface area contributed by atoms with Gasteiger partial charge in [0.25, 0.3) is 0 Å². The predicted octanol–water partition coefficient (Wildman–Crippen LogP) is 1.98. The number of benzene rings is 1. The smallest absolute Gasteiger partial charge is 0.219 e. The Kier molecular flexibility index (Phi) is 1.56. The summed E-state index contributed by atoms with van der Waals surface area (Å²) in [5.74, 6) is -0.0980. The van der Waals surface area contributed by atoms with Crippen LogP contribution >= 0.6 is 15.9 Å². The van der Waals surface area contributed by atoms with Crippen molar-refractivity contribution in [2.45, 2.75) is 0 Å². The normalized spacial score (nSPS) is 11.5. The Balaban J connectivity index is 2.79. The van der Waals surface area contributed by atoms with E-state index < -0.39 is 0 Å². The van der Waals surface area contributed by atoms with Crippen LogP contribution in [0.3, 0.4) is 0 Å². The van der Waals surface area contributed by atoms with Gasteiger partial charge in [0, 0.05) is 27.5 Å². The van der Waals surface area contributed by atoms with Gasteiger partial charge in [-0.15, -0.1) is 0 Å². The Labute approximate surface area is 92.0 Å². The second kappa shape index (κ2) is 2.70. The molecule has 5 heteroatoms. The second-order valence-electron chi connectivity index (χ2n) is 3.28. The molecule has 0 atom stereocenters. The molecule has 0 aliphatic rings. The molecule has 2 heterocycles. The van der Waals surface area contributed by atoms with E-state index >= 15 is 0 Å². The highest BCUT2D eigenvalue weighted by molar-refractivity contribution is 9.10. The quantitative estimate of drug-likeness (QED) is 0.653. The van der Waals surface area contributed by atoms with Crippen molar-refractivity contribution in [1.29, 1.82) is 0 Å². The highest BCUT2D eigenvalue weighted by Gasteiger charge is 2.15. The number of hydrogen-bond donors (Lipinski definition) is 2. The minimum absolute atomic E-state index is 0.0980. The minimum Gasteiger partial charge on any atom is -0.493 e. The molecule has 0 aliphatic carbocycles. The molecule has 1 aromatic carbocycles. The number of nitrogens with one attached hydrogen (secondary N) is 1. The Morgan fingerprint density at radius 1 is 1.47 bits per heavy atom. The van der Waals surface area contributed by atoms with Crippen LogP contribution in [0.1, 0.15) is 0 Å². The van der Waals surface area contributed by atoms with Gasteiger partial charge in [0.05, 0.1) is 5.52 Å². The van der Waals surface area contributed by atoms with Crippen molar-refractivity contribution in [2.24, 2.45) is 0 Å². The summed E-state index contributed by atoms with van der Waals surface area (Å²) in [6, 6.07) is 3.14. The van der Waals surface area contributed by atoms with E-state index in [0.29, 0.717) is 20.8 Å². The number of pyridine rings is 1. The molecular formula is C10H5BrN2O2. The summed E-state index contributed by atoms with van der Waals surface area (Å²) in [6.07, 6.45) is 1.70. The van der Waals surface area contributed by atoms with E-state index in [2.05, 4.69) is 25.9 Å². The predicted molar refractivity (Wildman–Crippen MR) is 60.4 cm³/mol. The zero-order valence-electron chi connectivity index (χ0n) is 7.41. The maximum absolute atomic E-state index is 11.6. The summed E-state index contributed by atoms with van der Waals surface area (Å²) in [5.41, 5.74) is 0.881. The highest BCUT2D eigenvalue weighted by atomic mass is 79.9. The van der Waals surface area contributed by atoms with E-state index in [0.717, 1.165) is 5.52 Å². The Hall–Kier alpha value is -1.62. The van der Waals surface area contributed by atoms with Gasteiger partial charge in [0.15, 0.2) is 0 Å². The van der Waals surface area contributed by atoms with Gasteiger partial charge in [-0.2, -0.15) is 0 Å². The molecule has 0 radical (unpaired) electrons. The van der Waals surface area contributed by atoms with E-state index in [1.807, 2.05) is 0 Å². The number of H-pyrrole nitrogens is 1. The van der Waals surface area contributed by atoms with Crippen LogP contribution in [-0.4, -0.2) is 15.1 Å². The Morgan fingerprint density at radius 3 is 3.07 bits per heavy atom. The van der Waals surface area contributed by atoms with Crippen LogP contribution in [0, 0.1) is 0 Å². The number of rotatable bonds is 0. The van der Waals surface area contributed by atoms with Crippen molar-refractivity contribution in [1.82, 2.24) is 9.97 Å². The van der Waals surface area contributed by atoms with E-state index in [-0.39, 0.29) is 11.3 Å². The van der Waals surface area contributed by atoms with Gasteiger partial charge >= 0.3 is 0 Å². The lowest BCUT2D eigenvalue weighted by Gasteiger charge is -1.99. The van der Waals surface area contributed by atoms with Gasteiger partial charge in [-0.25, -0.2) is 4.98 Å². The number of aromatic nitrogens is 2. The second-order valence-corrected chi connectivity index (χ2v) is 4.14. The number of aromatic hydroxyl groups is 1. The largest absolute Gasteiger partial charge is 0.493 e. The maximum atomic E-state index is 11.6. The van der Waals surface area contributed by atoms with Gasteiger partial charge < -0.3 is 10.1 Å². The van der Waals surface area contributed by atoms with Crippen LogP contribution in [-0.2, 0) is 0 Å². The standard InChI is InChI=1S/C10H5BrN2O2/c11-5-3-6(14)9-7-4(10(15)13-9)1-2-12-8(5)7/h1-3,12,15H. The molecule has 3 aromatic rings. The van der Waals surface area contributed by atoms with Crippen LogP contribution in [0.25, 0.3) is 21.8 Å². The van der Waals surface area contributed by atoms with Crippen molar-refractivity contribution in [3.63, 3.8) is 0 Å². The zero-order valence-corrected chi connectivity index (χ0v) is 9.00. The van der Waals surface area contributed by atoms with Crippen molar-refractivity contribution < 1.29 is 5.11 Å². The van der Waals surface area contributed by atoms with E-state index in [1.54, 1.807) is 12.3 Å². The average Bonchev–Trinajstić information content (AvgIpc) is 2.55. The summed E-state index contributed by atoms with van der Waals surface area (Å²) >= 11 is 3.30. The summed E-state index contributed by atoms with van der Waals surface area (Å²) in [6.45, 7) is 0. The third-order valence-electron chi connectivity index (χ3n) is 2.42. The first-order valence-corrected chi connectivity index (χ1v) is 5.09. The van der Waals surface area contributed by atoms with Crippen LogP contribution in [0.4, 0.5) is 0 Å². The molecule has 0 amide bonds. The number of hydrogen-bond acceptors (Lipinski definition) is 3. The monoisotopic (exact) mass is 264 g/mol. The summed E-state index contributed by atoms with van der Waals surface area (Å²) < 4.78 is 0.679. The lowest BCUT2D eigenvalue weighted by atomic mass is 10.1. The fourth-order valence-corrected chi connectivity index (χ4v) is 2.30. The van der Waals surface area contributed by atoms with Crippen LogP contribution in [0.15, 0.2) is 27.6 Å². The number of nitrogens with zero attached hydrogens (tertiary/aromatic N) is 1. The lowest BCUT2D eigenvalue weighted by Crippen LogP contribution is -2.00. The number of halogens is 1. The third-order valence-corrected chi connectivity index (χ3v) is 3.05. The minimum atomic E-state index is -0.195. The zero-order chi connectivity index (χ0) is 10.6. The van der Waals surface area contributed by atoms with Crippen molar-refractivity contribution in [3.8, 4) is 5.88 Å². The van der Waals surface area contributed by atoms with E-state index in [9.17, 15) is 9.90 Å². The van der Waals surface area contributed by atoms with Gasteiger partial charge in [0.1, 0.15) is 5.52 Å². The van der Waals surface area contributed by atoms with Gasteiger partial charge in [-0.1, -0.05) is 0 Å². The first-order chi connectivity index (χ1) is 7.18. The molecule has 3 rings (SSSR count). The summed E-state index contributed by atoms with van der Waals surface area (Å²) in [4.78, 5) is 18.5. The number of aromatic amines is 1. The average molecular weight is 265 g/mol. The summed E-state index contributed by atoms with van der Waals surface area (Å²) in [5, 5.41) is 10.8. The Bertz CT molecular complexity index is 720. The molecule has 0 aliphatic heterocycles. The maximum Gasteiger partial charge on any atom is 0.219 e. The van der Waals surface area contributed by atoms with Crippen LogP contribution < -0.4 is 5.43 Å². The fourth-order valence-electron chi connectivity index (χ4n) is 1.78. The van der Waals surface area contributed by atoms with Gasteiger partial charge in [0.2, 0.25) is 11.3 Å². The molecule has 2 N–H and O–H groups in total. The third kappa shape index (κ3) is 1.01. The summed E-state index contributed by atoms with van der Waals surface area (Å²) in [7, 11) is 0. The topological polar surface area (TPSA) is 66.0 Å². The van der Waals surface area contributed by atoms with Crippen LogP contribution in [0.5, 0.6) is 5.88 Å². The molecule has 0 spiro atoms. The molecule has 4 nitrogen and oxygen atoms in total. The molecule has 0 saturated carbocycles. The molecule has 0 saturated heterocycles. The van der Waals surface area contributed by atoms with Crippen molar-refractivity contribution in [2.75, 3.05) is 0 Å². The molecule has 74 valence electrons. The fraction of sp³-hybridized carbons (Fsp3) is 0. The van der Waals surface area contributed by atoms with Gasteiger partial charge in [-0.05, 0) is 22.0 Å². The molecule has 0 fully saturated rings. The lowest BCUT2D eigenvalue weighted by molar-refractivity contribution is 0.464. The van der Waals surface area contributed by atoms with E-state index in [1.165, 1.54) is 6.07 Å². The van der Waals surface area contributed by atoms with Gasteiger partial charge in [-0.3, -0.25) is 4.79 Å². The highest BCUT2D eigenvalue weighted by Crippen LogP contribution is 2.32. The molecular weight excluding hydrogens is 260 g/mol. The molecule has 0 unspecified atom stereocenters. The SMILES string of the molecule is O=c1cc(Br)c2[nH]ccc3c(O)nc1c32. The van der Waals surface area contributed by atoms with E-state index in [4.69, 9.17) is 0 Å².